The Morgan fingerprint density at radius 1 is 0.951 bits per heavy atom. The summed E-state index contributed by atoms with van der Waals surface area (Å²) in [7, 11) is 0. The third kappa shape index (κ3) is 5.32. The Bertz CT molecular complexity index is 1730. The number of fused-ring (bicyclic) bond motifs is 2. The molecule has 5 aromatic rings. The summed E-state index contributed by atoms with van der Waals surface area (Å²) in [6.45, 7) is 10.4. The highest BCUT2D eigenvalue weighted by molar-refractivity contribution is 5.94. The van der Waals surface area contributed by atoms with E-state index in [2.05, 4.69) is 45.2 Å². The second-order valence-electron chi connectivity index (χ2n) is 11.4. The first-order valence-corrected chi connectivity index (χ1v) is 13.9. The van der Waals surface area contributed by atoms with Crippen LogP contribution >= 0.6 is 0 Å². The first-order valence-electron chi connectivity index (χ1n) is 13.9. The summed E-state index contributed by atoms with van der Waals surface area (Å²) in [5.41, 5.74) is 7.93. The minimum Gasteiger partial charge on any atom is -0.444 e. The van der Waals surface area contributed by atoms with Crippen LogP contribution in [0.3, 0.4) is 0 Å². The number of hydrogen-bond acceptors (Lipinski definition) is 7. The number of amides is 1. The minimum atomic E-state index is -0.489. The largest absolute Gasteiger partial charge is 0.444 e. The molecule has 1 N–H and O–H groups in total. The van der Waals surface area contributed by atoms with Crippen LogP contribution in [0.5, 0.6) is 0 Å². The highest BCUT2D eigenvalue weighted by Crippen LogP contribution is 2.31. The summed E-state index contributed by atoms with van der Waals surface area (Å²) in [6.07, 6.45) is 3.37. The van der Waals surface area contributed by atoms with Crippen molar-refractivity contribution in [3.05, 3.63) is 78.2 Å². The first kappa shape index (κ1) is 26.7. The number of carbonyl (C=O) groups is 1. The van der Waals surface area contributed by atoms with Crippen LogP contribution in [0.25, 0.3) is 38.9 Å². The molecule has 0 aliphatic carbocycles. The maximum Gasteiger partial charge on any atom is 0.410 e. The van der Waals surface area contributed by atoms with Gasteiger partial charge in [-0.25, -0.2) is 14.3 Å². The number of hydrogen-bond donors (Lipinski definition) is 1. The molecule has 0 spiro atoms. The summed E-state index contributed by atoms with van der Waals surface area (Å²) in [5, 5.41) is 15.4. The maximum absolute atomic E-state index is 12.4. The van der Waals surface area contributed by atoms with Gasteiger partial charge in [-0.05, 0) is 69.2 Å². The number of rotatable bonds is 4. The predicted octanol–water partition coefficient (Wildman–Crippen LogP) is 5.47. The highest BCUT2D eigenvalue weighted by Gasteiger charge is 2.26. The lowest BCUT2D eigenvalue weighted by molar-refractivity contribution is 0.0240. The molecule has 0 unspecified atom stereocenters. The van der Waals surface area contributed by atoms with Crippen molar-refractivity contribution in [2.24, 2.45) is 0 Å². The van der Waals surface area contributed by atoms with Crippen LogP contribution in [-0.2, 0) is 11.3 Å². The lowest BCUT2D eigenvalue weighted by Crippen LogP contribution is -2.50. The molecule has 0 atom stereocenters. The standard InChI is InChI=1S/C32H34N6O3/c1-21-27(23-6-8-24(9-7-23)36-13-15-37(16-14-36)31(40)41-32(2,3)4)18-30-34-19-29(38(30)35-21)26-11-12-33-28-17-22(20-39)5-10-25(26)28/h5-12,17-19,39H,13-16,20H2,1-4H3. The fourth-order valence-corrected chi connectivity index (χ4v) is 5.32. The Morgan fingerprint density at radius 3 is 2.41 bits per heavy atom. The molecule has 0 radical (unpaired) electrons. The van der Waals surface area contributed by atoms with E-state index < -0.39 is 5.60 Å². The van der Waals surface area contributed by atoms with Crippen molar-refractivity contribution >= 4 is 28.3 Å². The summed E-state index contributed by atoms with van der Waals surface area (Å²) in [6, 6.07) is 18.4. The smallest absolute Gasteiger partial charge is 0.410 e. The SMILES string of the molecule is Cc1nn2c(-c3ccnc4cc(CO)ccc34)cnc2cc1-c1ccc(N2CCN(C(=O)OC(C)(C)C)CC2)cc1. The van der Waals surface area contributed by atoms with Crippen molar-refractivity contribution in [3.63, 3.8) is 0 Å². The molecule has 6 rings (SSSR count). The molecule has 9 heteroatoms. The van der Waals surface area contributed by atoms with E-state index in [1.165, 1.54) is 0 Å². The van der Waals surface area contributed by atoms with Crippen LogP contribution < -0.4 is 4.90 Å². The average molecular weight is 551 g/mol. The fraction of sp³-hybridized carbons (Fsp3) is 0.312. The van der Waals surface area contributed by atoms with Crippen LogP contribution in [0.1, 0.15) is 32.0 Å². The zero-order valence-electron chi connectivity index (χ0n) is 23.8. The molecule has 4 heterocycles. The van der Waals surface area contributed by atoms with Gasteiger partial charge in [0.25, 0.3) is 0 Å². The summed E-state index contributed by atoms with van der Waals surface area (Å²) in [5.74, 6) is 0. The number of nitrogens with zero attached hydrogens (tertiary/aromatic N) is 6. The summed E-state index contributed by atoms with van der Waals surface area (Å²) in [4.78, 5) is 25.7. The van der Waals surface area contributed by atoms with Crippen molar-refractivity contribution in [2.45, 2.75) is 39.9 Å². The number of aromatic nitrogens is 4. The minimum absolute atomic E-state index is 0.0211. The lowest BCUT2D eigenvalue weighted by atomic mass is 10.0. The zero-order chi connectivity index (χ0) is 28.7. The van der Waals surface area contributed by atoms with Gasteiger partial charge in [0.2, 0.25) is 0 Å². The molecule has 210 valence electrons. The van der Waals surface area contributed by atoms with E-state index in [1.807, 2.05) is 62.7 Å². The van der Waals surface area contributed by atoms with Crippen LogP contribution in [-0.4, -0.2) is 67.5 Å². The van der Waals surface area contributed by atoms with Crippen molar-refractivity contribution in [1.82, 2.24) is 24.5 Å². The fourth-order valence-electron chi connectivity index (χ4n) is 5.32. The molecule has 1 aliphatic heterocycles. The molecule has 1 saturated heterocycles. The number of piperazine rings is 1. The molecule has 2 aromatic carbocycles. The van der Waals surface area contributed by atoms with Gasteiger partial charge in [0.15, 0.2) is 5.65 Å². The van der Waals surface area contributed by atoms with Gasteiger partial charge in [0, 0.05) is 54.6 Å². The molecular weight excluding hydrogens is 516 g/mol. The highest BCUT2D eigenvalue weighted by atomic mass is 16.6. The third-order valence-electron chi connectivity index (χ3n) is 7.42. The molecule has 0 bridgehead atoms. The number of pyridine rings is 1. The normalized spacial score (nSPS) is 14.2. The molecular formula is C32H34N6O3. The molecule has 9 nitrogen and oxygen atoms in total. The number of anilines is 1. The van der Waals surface area contributed by atoms with E-state index in [-0.39, 0.29) is 12.7 Å². The summed E-state index contributed by atoms with van der Waals surface area (Å²) < 4.78 is 7.40. The van der Waals surface area contributed by atoms with Gasteiger partial charge in [-0.2, -0.15) is 5.10 Å². The molecule has 1 fully saturated rings. The zero-order valence-corrected chi connectivity index (χ0v) is 23.8. The number of aliphatic hydroxyl groups is 1. The average Bonchev–Trinajstić information content (AvgIpc) is 3.37. The quantitative estimate of drug-likeness (QED) is 0.317. The van der Waals surface area contributed by atoms with Gasteiger partial charge in [0.05, 0.1) is 29.7 Å². The van der Waals surface area contributed by atoms with Crippen molar-refractivity contribution < 1.29 is 14.6 Å². The number of aryl methyl sites for hydroxylation is 1. The predicted molar refractivity (Wildman–Crippen MR) is 160 cm³/mol. The molecule has 41 heavy (non-hydrogen) atoms. The Balaban J connectivity index is 1.22. The van der Waals surface area contributed by atoms with Gasteiger partial charge in [-0.15, -0.1) is 0 Å². The van der Waals surface area contributed by atoms with E-state index in [0.29, 0.717) is 13.1 Å². The van der Waals surface area contributed by atoms with Gasteiger partial charge in [-0.3, -0.25) is 4.98 Å². The van der Waals surface area contributed by atoms with Crippen molar-refractivity contribution in [2.75, 3.05) is 31.1 Å². The second kappa shape index (κ2) is 10.5. The van der Waals surface area contributed by atoms with E-state index in [4.69, 9.17) is 9.84 Å². The third-order valence-corrected chi connectivity index (χ3v) is 7.42. The topological polar surface area (TPSA) is 96.1 Å². The monoisotopic (exact) mass is 550 g/mol. The second-order valence-corrected chi connectivity index (χ2v) is 11.4. The van der Waals surface area contributed by atoms with Gasteiger partial charge in [0.1, 0.15) is 5.60 Å². The number of imidazole rings is 1. The maximum atomic E-state index is 12.4. The summed E-state index contributed by atoms with van der Waals surface area (Å²) >= 11 is 0. The molecule has 1 aliphatic rings. The van der Waals surface area contributed by atoms with Crippen LogP contribution in [0.4, 0.5) is 10.5 Å². The van der Waals surface area contributed by atoms with E-state index in [0.717, 1.165) is 69.0 Å². The van der Waals surface area contributed by atoms with Gasteiger partial charge >= 0.3 is 6.09 Å². The number of benzene rings is 2. The Labute approximate surface area is 239 Å². The van der Waals surface area contributed by atoms with E-state index in [1.54, 1.807) is 11.1 Å². The van der Waals surface area contributed by atoms with Gasteiger partial charge in [-0.1, -0.05) is 24.3 Å². The van der Waals surface area contributed by atoms with E-state index in [9.17, 15) is 9.90 Å². The van der Waals surface area contributed by atoms with Crippen LogP contribution in [0.15, 0.2) is 67.0 Å². The Morgan fingerprint density at radius 2 is 1.71 bits per heavy atom. The number of carbonyl (C=O) groups excluding carboxylic acids is 1. The van der Waals surface area contributed by atoms with Crippen LogP contribution in [0, 0.1) is 6.92 Å². The van der Waals surface area contributed by atoms with Crippen molar-refractivity contribution in [1.29, 1.82) is 0 Å². The Kier molecular flexibility index (Phi) is 6.83. The van der Waals surface area contributed by atoms with Crippen LogP contribution in [0.2, 0.25) is 0 Å². The number of aliphatic hydroxyl groups excluding tert-OH is 1. The van der Waals surface area contributed by atoms with Crippen molar-refractivity contribution in [3.8, 4) is 22.4 Å². The Hall–Kier alpha value is -4.50. The van der Waals surface area contributed by atoms with E-state index >= 15 is 0 Å². The number of ether oxygens (including phenoxy) is 1. The molecule has 1 amide bonds. The first-order chi connectivity index (χ1) is 19.7. The molecule has 0 saturated carbocycles. The molecule has 3 aromatic heterocycles. The lowest BCUT2D eigenvalue weighted by Gasteiger charge is -2.36. The van der Waals surface area contributed by atoms with Gasteiger partial charge < -0.3 is 19.6 Å².